The molecule has 0 spiro atoms. The number of nitrogens with two attached hydrogens (primary N) is 1. The van der Waals surface area contributed by atoms with E-state index in [4.69, 9.17) is 28.9 Å². The van der Waals surface area contributed by atoms with Gasteiger partial charge in [-0.25, -0.2) is 8.78 Å². The smallest absolute Gasteiger partial charge is 0.321 e. The van der Waals surface area contributed by atoms with E-state index in [9.17, 15) is 15.2 Å². The lowest BCUT2D eigenvalue weighted by Gasteiger charge is -2.38. The highest BCUT2D eigenvalue weighted by atomic mass is 35.5. The Bertz CT molecular complexity index is 1110. The molecule has 5 nitrogen and oxygen atoms in total. The third-order valence-corrected chi connectivity index (χ3v) is 7.00. The monoisotopic (exact) mass is 495 g/mol. The molecule has 0 saturated carbocycles. The van der Waals surface area contributed by atoms with Gasteiger partial charge >= 0.3 is 5.97 Å². The fourth-order valence-electron chi connectivity index (χ4n) is 4.98. The number of halogens is 4. The van der Waals surface area contributed by atoms with Gasteiger partial charge in [-0.3, -0.25) is 10.1 Å². The molecule has 0 amide bonds. The molecule has 1 fully saturated rings. The van der Waals surface area contributed by atoms with Gasteiger partial charge in [0.15, 0.2) is 0 Å². The van der Waals surface area contributed by atoms with Crippen LogP contribution in [0, 0.1) is 28.4 Å². The summed E-state index contributed by atoms with van der Waals surface area (Å²) in [6, 6.07) is 8.06. The number of hydrogen-bond acceptors (Lipinski definition) is 4. The fourth-order valence-corrected chi connectivity index (χ4v) is 5.32. The lowest BCUT2D eigenvalue weighted by Crippen LogP contribution is -2.45. The Morgan fingerprint density at radius 1 is 1.30 bits per heavy atom. The lowest BCUT2D eigenvalue weighted by molar-refractivity contribution is -0.139. The fraction of sp³-hybridized carbons (Fsp3) is 0.417. The number of nitrogens with zero attached hydrogens (tertiary/aromatic N) is 1. The van der Waals surface area contributed by atoms with Crippen molar-refractivity contribution in [3.8, 4) is 6.07 Å². The third kappa shape index (κ3) is 4.58. The SMILES string of the molecule is CC(C)(CCN)C[C@@H]1N[C@@H](C(=O)O)[C@H](c2cccc(Cl)c2F)[C@@]1(C#N)c1ccc(Cl)cc1F. The number of carbonyl (C=O) groups is 1. The van der Waals surface area contributed by atoms with Crippen molar-refractivity contribution in [1.29, 1.82) is 5.26 Å². The van der Waals surface area contributed by atoms with Crippen LogP contribution in [-0.4, -0.2) is 29.7 Å². The molecule has 4 atom stereocenters. The van der Waals surface area contributed by atoms with Crippen LogP contribution in [-0.2, 0) is 10.2 Å². The minimum Gasteiger partial charge on any atom is -0.480 e. The highest BCUT2D eigenvalue weighted by Gasteiger charge is 2.61. The van der Waals surface area contributed by atoms with E-state index in [0.29, 0.717) is 19.4 Å². The molecule has 0 aliphatic carbocycles. The van der Waals surface area contributed by atoms with Crippen molar-refractivity contribution >= 4 is 29.2 Å². The van der Waals surface area contributed by atoms with Crippen LogP contribution in [0.4, 0.5) is 8.78 Å². The van der Waals surface area contributed by atoms with Crippen molar-refractivity contribution in [3.05, 3.63) is 69.2 Å². The van der Waals surface area contributed by atoms with E-state index >= 15 is 8.78 Å². The van der Waals surface area contributed by atoms with Crippen LogP contribution in [0.15, 0.2) is 36.4 Å². The first kappa shape index (κ1) is 25.4. The Kier molecular flexibility index (Phi) is 7.35. The Morgan fingerprint density at radius 2 is 2.00 bits per heavy atom. The number of carboxylic acids is 1. The Morgan fingerprint density at radius 3 is 2.58 bits per heavy atom. The lowest BCUT2D eigenvalue weighted by atomic mass is 9.62. The summed E-state index contributed by atoms with van der Waals surface area (Å²) in [5, 5.41) is 23.6. The third-order valence-electron chi connectivity index (χ3n) is 6.48. The highest BCUT2D eigenvalue weighted by Crippen LogP contribution is 2.53. The first-order valence-corrected chi connectivity index (χ1v) is 11.2. The van der Waals surface area contributed by atoms with Crippen molar-refractivity contribution in [2.24, 2.45) is 11.1 Å². The summed E-state index contributed by atoms with van der Waals surface area (Å²) >= 11 is 12.0. The second-order valence-electron chi connectivity index (χ2n) is 9.17. The van der Waals surface area contributed by atoms with E-state index in [-0.39, 0.29) is 21.2 Å². The number of aliphatic carboxylic acids is 1. The number of carboxylic acid groups (broad SMARTS) is 1. The molecule has 0 unspecified atom stereocenters. The van der Waals surface area contributed by atoms with Gasteiger partial charge in [-0.05, 0) is 48.6 Å². The zero-order valence-electron chi connectivity index (χ0n) is 18.2. The summed E-state index contributed by atoms with van der Waals surface area (Å²) < 4.78 is 30.6. The number of nitriles is 1. The molecule has 1 aliphatic rings. The van der Waals surface area contributed by atoms with Gasteiger partial charge in [0.2, 0.25) is 0 Å². The van der Waals surface area contributed by atoms with E-state index < -0.39 is 46.4 Å². The molecule has 33 heavy (non-hydrogen) atoms. The van der Waals surface area contributed by atoms with Crippen molar-refractivity contribution in [2.45, 2.75) is 50.1 Å². The molecule has 176 valence electrons. The largest absolute Gasteiger partial charge is 0.480 e. The molecule has 1 aliphatic heterocycles. The molecule has 0 radical (unpaired) electrons. The van der Waals surface area contributed by atoms with Crippen LogP contribution in [0.3, 0.4) is 0 Å². The van der Waals surface area contributed by atoms with Gasteiger partial charge in [-0.1, -0.05) is 55.2 Å². The summed E-state index contributed by atoms with van der Waals surface area (Å²) in [6.07, 6.45) is 0.881. The van der Waals surface area contributed by atoms with Crippen molar-refractivity contribution in [2.75, 3.05) is 6.54 Å². The van der Waals surface area contributed by atoms with Crippen LogP contribution in [0.25, 0.3) is 0 Å². The van der Waals surface area contributed by atoms with Crippen LogP contribution in [0.1, 0.15) is 43.7 Å². The van der Waals surface area contributed by atoms with Gasteiger partial charge in [0, 0.05) is 22.5 Å². The Hall–Kier alpha value is -2.24. The van der Waals surface area contributed by atoms with Gasteiger partial charge in [-0.15, -0.1) is 0 Å². The molecular formula is C24H25Cl2F2N3O2. The maximum absolute atomic E-state index is 15.3. The van der Waals surface area contributed by atoms with Crippen molar-refractivity contribution in [1.82, 2.24) is 5.32 Å². The molecule has 9 heteroatoms. The Labute approximate surface area is 201 Å². The molecule has 2 aromatic carbocycles. The molecule has 1 heterocycles. The number of rotatable bonds is 7. The minimum absolute atomic E-state index is 0.0522. The van der Waals surface area contributed by atoms with E-state index in [1.165, 1.54) is 30.3 Å². The summed E-state index contributed by atoms with van der Waals surface area (Å²) in [6.45, 7) is 4.25. The maximum atomic E-state index is 15.3. The number of hydrogen-bond donors (Lipinski definition) is 3. The molecular weight excluding hydrogens is 471 g/mol. The Balaban J connectivity index is 2.34. The molecule has 3 rings (SSSR count). The molecule has 0 bridgehead atoms. The summed E-state index contributed by atoms with van der Waals surface area (Å²) in [5.41, 5.74) is 3.45. The van der Waals surface area contributed by atoms with Crippen LogP contribution < -0.4 is 11.1 Å². The number of nitrogens with one attached hydrogen (secondary N) is 1. The average molecular weight is 496 g/mol. The summed E-state index contributed by atoms with van der Waals surface area (Å²) in [5.74, 6) is -4.17. The summed E-state index contributed by atoms with van der Waals surface area (Å²) in [4.78, 5) is 12.3. The second kappa shape index (κ2) is 9.55. The van der Waals surface area contributed by atoms with Gasteiger partial charge in [-0.2, -0.15) is 5.26 Å². The van der Waals surface area contributed by atoms with Crippen molar-refractivity contribution < 1.29 is 18.7 Å². The van der Waals surface area contributed by atoms with Crippen molar-refractivity contribution in [3.63, 3.8) is 0 Å². The van der Waals surface area contributed by atoms with E-state index in [2.05, 4.69) is 11.4 Å². The van der Waals surface area contributed by atoms with E-state index in [1.54, 1.807) is 0 Å². The first-order valence-electron chi connectivity index (χ1n) is 10.5. The maximum Gasteiger partial charge on any atom is 0.321 e. The van der Waals surface area contributed by atoms with Gasteiger partial charge in [0.05, 0.1) is 11.1 Å². The molecule has 1 saturated heterocycles. The number of benzene rings is 2. The predicted molar refractivity (Wildman–Crippen MR) is 123 cm³/mol. The van der Waals surface area contributed by atoms with Crippen LogP contribution in [0.5, 0.6) is 0 Å². The van der Waals surface area contributed by atoms with Gasteiger partial charge in [0.25, 0.3) is 0 Å². The molecule has 0 aromatic heterocycles. The zero-order chi connectivity index (χ0) is 24.6. The topological polar surface area (TPSA) is 99.1 Å². The quantitative estimate of drug-likeness (QED) is 0.501. The highest BCUT2D eigenvalue weighted by molar-refractivity contribution is 6.31. The molecule has 4 N–H and O–H groups in total. The average Bonchev–Trinajstić information content (AvgIpc) is 3.04. The standard InChI is InChI=1S/C24H25Cl2F2N3O2/c1-23(2,8-9-29)11-18-24(12-30,15-7-6-13(25)10-17(15)27)19(21(31-18)22(32)33)14-4-3-5-16(26)20(14)28/h3-7,10,18-19,21,31H,8-9,11,29H2,1-2H3,(H,32,33)/t18-,19-,21+,24-/m0/s1. The van der Waals surface area contributed by atoms with E-state index in [1.807, 2.05) is 13.8 Å². The molecule has 2 aromatic rings. The van der Waals surface area contributed by atoms with Crippen LogP contribution >= 0.6 is 23.2 Å². The van der Waals surface area contributed by atoms with Gasteiger partial charge in [0.1, 0.15) is 23.1 Å². The van der Waals surface area contributed by atoms with Crippen LogP contribution in [0.2, 0.25) is 10.0 Å². The second-order valence-corrected chi connectivity index (χ2v) is 10.0. The summed E-state index contributed by atoms with van der Waals surface area (Å²) in [7, 11) is 0. The minimum atomic E-state index is -1.77. The zero-order valence-corrected chi connectivity index (χ0v) is 19.7. The normalized spacial score (nSPS) is 25.1. The first-order chi connectivity index (χ1) is 15.5. The predicted octanol–water partition coefficient (Wildman–Crippen LogP) is 5.01. The van der Waals surface area contributed by atoms with E-state index in [0.717, 1.165) is 6.07 Å². The van der Waals surface area contributed by atoms with Gasteiger partial charge < -0.3 is 10.8 Å².